The van der Waals surface area contributed by atoms with Gasteiger partial charge in [-0.05, 0) is 60.2 Å². The second-order valence-electron chi connectivity index (χ2n) is 4.35. The van der Waals surface area contributed by atoms with Crippen molar-refractivity contribution >= 4 is 28.8 Å². The molecule has 2 aromatic heterocycles. The van der Waals surface area contributed by atoms with Crippen molar-refractivity contribution in [1.29, 1.82) is 0 Å². The summed E-state index contributed by atoms with van der Waals surface area (Å²) in [5, 5.41) is 7.18. The molecule has 2 rings (SSSR count). The van der Waals surface area contributed by atoms with Gasteiger partial charge in [-0.15, -0.1) is 0 Å². The maximum absolute atomic E-state index is 11.9. The number of carbonyl (C=O) groups is 1. The first-order chi connectivity index (χ1) is 9.08. The van der Waals surface area contributed by atoms with Crippen molar-refractivity contribution in [3.8, 4) is 0 Å². The van der Waals surface area contributed by atoms with Gasteiger partial charge in [0, 0.05) is 6.54 Å². The lowest BCUT2D eigenvalue weighted by Gasteiger charge is -2.23. The first kappa shape index (κ1) is 14.1. The van der Waals surface area contributed by atoms with Gasteiger partial charge in [0.25, 0.3) is 5.91 Å². The number of carbonyl (C=O) groups excluding carboxylic acids is 1. The van der Waals surface area contributed by atoms with Crippen LogP contribution in [-0.2, 0) is 0 Å². The summed E-state index contributed by atoms with van der Waals surface area (Å²) in [5.41, 5.74) is 1.19. The lowest BCUT2D eigenvalue weighted by atomic mass is 10.1. The molecule has 0 radical (unpaired) electrons. The summed E-state index contributed by atoms with van der Waals surface area (Å²) >= 11 is 7.29. The van der Waals surface area contributed by atoms with E-state index in [-0.39, 0.29) is 22.9 Å². The van der Waals surface area contributed by atoms with Gasteiger partial charge < -0.3 is 14.6 Å². The molecule has 0 unspecified atom stereocenters. The molecule has 0 aliphatic rings. The van der Waals surface area contributed by atoms with E-state index in [9.17, 15) is 4.79 Å². The Labute approximate surface area is 121 Å². The van der Waals surface area contributed by atoms with Gasteiger partial charge in [-0.3, -0.25) is 4.79 Å². The van der Waals surface area contributed by atoms with Crippen molar-refractivity contribution in [3.63, 3.8) is 0 Å². The molecule has 102 valence electrons. The zero-order valence-corrected chi connectivity index (χ0v) is 12.3. The Morgan fingerprint density at radius 2 is 2.26 bits per heavy atom. The van der Waals surface area contributed by atoms with Crippen LogP contribution in [0.25, 0.3) is 0 Å². The van der Waals surface area contributed by atoms with Crippen LogP contribution in [0.3, 0.4) is 0 Å². The monoisotopic (exact) mass is 298 g/mol. The predicted octanol–water partition coefficient (Wildman–Crippen LogP) is 3.03. The highest BCUT2D eigenvalue weighted by Gasteiger charge is 2.17. The number of hydrogen-bond donors (Lipinski definition) is 1. The average molecular weight is 299 g/mol. The van der Waals surface area contributed by atoms with Crippen LogP contribution < -0.4 is 5.32 Å². The highest BCUT2D eigenvalue weighted by Crippen LogP contribution is 2.20. The highest BCUT2D eigenvalue weighted by molar-refractivity contribution is 7.07. The summed E-state index contributed by atoms with van der Waals surface area (Å²) in [4.78, 5) is 13.9. The lowest BCUT2D eigenvalue weighted by Crippen LogP contribution is -2.34. The molecule has 0 bridgehead atoms. The standard InChI is InChI=1S/C13H15ClN2O2S/c1-16(2)10(9-5-6-19-8-9)7-15-13(17)11-3-4-12(14)18-11/h3-6,8,10H,7H2,1-2H3,(H,15,17)/t10-/m1/s1. The minimum atomic E-state index is -0.256. The van der Waals surface area contributed by atoms with E-state index in [1.807, 2.05) is 19.5 Å². The topological polar surface area (TPSA) is 45.5 Å². The number of hydrogen-bond acceptors (Lipinski definition) is 4. The van der Waals surface area contributed by atoms with Crippen molar-refractivity contribution < 1.29 is 9.21 Å². The van der Waals surface area contributed by atoms with Gasteiger partial charge in [-0.25, -0.2) is 0 Å². The maximum atomic E-state index is 11.9. The Kier molecular flexibility index (Phi) is 4.63. The Bertz CT molecular complexity index is 537. The van der Waals surface area contributed by atoms with Crippen LogP contribution >= 0.6 is 22.9 Å². The van der Waals surface area contributed by atoms with Crippen LogP contribution in [0.15, 0.2) is 33.4 Å². The van der Waals surface area contributed by atoms with Crippen molar-refractivity contribution in [1.82, 2.24) is 10.2 Å². The van der Waals surface area contributed by atoms with Crippen molar-refractivity contribution in [2.24, 2.45) is 0 Å². The van der Waals surface area contributed by atoms with Gasteiger partial charge in [0.15, 0.2) is 11.0 Å². The quantitative estimate of drug-likeness (QED) is 0.923. The third-order valence-electron chi connectivity index (χ3n) is 2.80. The lowest BCUT2D eigenvalue weighted by molar-refractivity contribution is 0.0914. The molecule has 0 aliphatic carbocycles. The Morgan fingerprint density at radius 3 is 2.79 bits per heavy atom. The van der Waals surface area contributed by atoms with Crippen molar-refractivity contribution in [3.05, 3.63) is 45.5 Å². The highest BCUT2D eigenvalue weighted by atomic mass is 35.5. The zero-order chi connectivity index (χ0) is 13.8. The SMILES string of the molecule is CN(C)[C@H](CNC(=O)c1ccc(Cl)o1)c1ccsc1. The molecule has 0 fully saturated rings. The van der Waals surface area contributed by atoms with Crippen LogP contribution in [0.1, 0.15) is 22.2 Å². The summed E-state index contributed by atoms with van der Waals surface area (Å²) < 4.78 is 5.07. The van der Waals surface area contributed by atoms with Gasteiger partial charge in [0.05, 0.1) is 6.04 Å². The van der Waals surface area contributed by atoms with Gasteiger partial charge in [0.1, 0.15) is 0 Å². The third kappa shape index (κ3) is 3.59. The number of amides is 1. The summed E-state index contributed by atoms with van der Waals surface area (Å²) in [6.45, 7) is 0.515. The first-order valence-electron chi connectivity index (χ1n) is 5.80. The van der Waals surface area contributed by atoms with Crippen LogP contribution in [0.4, 0.5) is 0 Å². The molecule has 2 heterocycles. The fraction of sp³-hybridized carbons (Fsp3) is 0.308. The Hall–Kier alpha value is -1.30. The molecular weight excluding hydrogens is 284 g/mol. The van der Waals surface area contributed by atoms with Crippen LogP contribution in [0.2, 0.25) is 5.22 Å². The van der Waals surface area contributed by atoms with Gasteiger partial charge in [-0.2, -0.15) is 11.3 Å². The average Bonchev–Trinajstić information content (AvgIpc) is 3.00. The molecule has 4 nitrogen and oxygen atoms in total. The Balaban J connectivity index is 1.98. The number of likely N-dealkylation sites (N-methyl/N-ethyl adjacent to an activating group) is 1. The summed E-state index contributed by atoms with van der Waals surface area (Å²) in [6, 6.07) is 5.32. The van der Waals surface area contributed by atoms with E-state index in [0.717, 1.165) is 0 Å². The van der Waals surface area contributed by atoms with E-state index in [4.69, 9.17) is 16.0 Å². The molecule has 1 amide bonds. The van der Waals surface area contributed by atoms with E-state index < -0.39 is 0 Å². The summed E-state index contributed by atoms with van der Waals surface area (Å²) in [6.07, 6.45) is 0. The van der Waals surface area contributed by atoms with Crippen LogP contribution in [0, 0.1) is 0 Å². The molecule has 2 aromatic rings. The first-order valence-corrected chi connectivity index (χ1v) is 7.12. The van der Waals surface area contributed by atoms with Crippen LogP contribution in [0.5, 0.6) is 0 Å². The molecule has 0 saturated heterocycles. The second kappa shape index (κ2) is 6.23. The number of furan rings is 1. The van der Waals surface area contributed by atoms with Gasteiger partial charge in [0.2, 0.25) is 0 Å². The van der Waals surface area contributed by atoms with Gasteiger partial charge in [-0.1, -0.05) is 0 Å². The van der Waals surface area contributed by atoms with E-state index in [1.165, 1.54) is 5.56 Å². The molecule has 0 aromatic carbocycles. The summed E-state index contributed by atoms with van der Waals surface area (Å²) in [5.74, 6) is -0.0261. The number of thiophene rings is 1. The number of halogens is 1. The molecule has 19 heavy (non-hydrogen) atoms. The predicted molar refractivity (Wildman–Crippen MR) is 76.8 cm³/mol. The molecule has 6 heteroatoms. The smallest absolute Gasteiger partial charge is 0.287 e. The van der Waals surface area contributed by atoms with E-state index in [2.05, 4.69) is 21.7 Å². The molecule has 1 N–H and O–H groups in total. The van der Waals surface area contributed by atoms with Gasteiger partial charge >= 0.3 is 0 Å². The van der Waals surface area contributed by atoms with Crippen molar-refractivity contribution in [2.75, 3.05) is 20.6 Å². The van der Waals surface area contributed by atoms with E-state index in [0.29, 0.717) is 6.54 Å². The van der Waals surface area contributed by atoms with Crippen molar-refractivity contribution in [2.45, 2.75) is 6.04 Å². The second-order valence-corrected chi connectivity index (χ2v) is 5.50. The Morgan fingerprint density at radius 1 is 1.47 bits per heavy atom. The maximum Gasteiger partial charge on any atom is 0.287 e. The number of nitrogens with zero attached hydrogens (tertiary/aromatic N) is 1. The number of rotatable bonds is 5. The molecular formula is C13H15ClN2O2S. The van der Waals surface area contributed by atoms with Crippen LogP contribution in [-0.4, -0.2) is 31.4 Å². The zero-order valence-electron chi connectivity index (χ0n) is 10.7. The fourth-order valence-electron chi connectivity index (χ4n) is 1.78. The minimum absolute atomic E-state index is 0.139. The molecule has 0 aliphatic heterocycles. The minimum Gasteiger partial charge on any atom is -0.440 e. The molecule has 1 atom stereocenters. The fourth-order valence-corrected chi connectivity index (χ4v) is 2.63. The normalized spacial score (nSPS) is 12.6. The van der Waals surface area contributed by atoms with E-state index >= 15 is 0 Å². The summed E-state index contributed by atoms with van der Waals surface area (Å²) in [7, 11) is 3.97. The third-order valence-corrected chi connectivity index (χ3v) is 3.71. The molecule has 0 spiro atoms. The largest absolute Gasteiger partial charge is 0.440 e. The molecule has 0 saturated carbocycles. The van der Waals surface area contributed by atoms with E-state index in [1.54, 1.807) is 23.5 Å². The number of nitrogens with one attached hydrogen (secondary N) is 1.